The van der Waals surface area contributed by atoms with E-state index in [-0.39, 0.29) is 0 Å². The number of fused-ring (bicyclic) bond motifs is 1. The van der Waals surface area contributed by atoms with E-state index in [9.17, 15) is 5.26 Å². The van der Waals surface area contributed by atoms with Gasteiger partial charge >= 0.3 is 0 Å². The van der Waals surface area contributed by atoms with Crippen LogP contribution >= 0.6 is 0 Å². The molecule has 0 bridgehead atoms. The zero-order chi connectivity index (χ0) is 18.4. The third-order valence-corrected chi connectivity index (χ3v) is 4.81. The standard InChI is InChI=1S/C23H28N2O/c1-18(2)13-20-14-21-9-11-25(23(21)22(15-20)16-24)10-6-12-26-17-19-7-4-3-5-8-19/h3-5,7-8,14-15,18H,6,9-13,17H2,1-2H3. The van der Waals surface area contributed by atoms with Gasteiger partial charge in [0.25, 0.3) is 0 Å². The van der Waals surface area contributed by atoms with Crippen LogP contribution in [0.1, 0.15) is 42.5 Å². The van der Waals surface area contributed by atoms with Gasteiger partial charge < -0.3 is 9.64 Å². The summed E-state index contributed by atoms with van der Waals surface area (Å²) >= 11 is 0. The van der Waals surface area contributed by atoms with E-state index in [0.717, 1.165) is 50.2 Å². The van der Waals surface area contributed by atoms with Gasteiger partial charge in [-0.3, -0.25) is 0 Å². The van der Waals surface area contributed by atoms with Gasteiger partial charge in [-0.15, -0.1) is 0 Å². The van der Waals surface area contributed by atoms with Crippen LogP contribution in [0, 0.1) is 17.2 Å². The number of anilines is 1. The Morgan fingerprint density at radius 1 is 1.15 bits per heavy atom. The van der Waals surface area contributed by atoms with Crippen LogP contribution in [-0.2, 0) is 24.2 Å². The predicted molar refractivity (Wildman–Crippen MR) is 106 cm³/mol. The number of rotatable bonds is 8. The van der Waals surface area contributed by atoms with Crippen molar-refractivity contribution in [1.82, 2.24) is 0 Å². The van der Waals surface area contributed by atoms with Gasteiger partial charge in [0.2, 0.25) is 0 Å². The summed E-state index contributed by atoms with van der Waals surface area (Å²) in [6.07, 6.45) is 3.06. The molecule has 1 aliphatic heterocycles. The summed E-state index contributed by atoms with van der Waals surface area (Å²) < 4.78 is 5.80. The molecule has 1 aliphatic rings. The van der Waals surface area contributed by atoms with Gasteiger partial charge in [0.05, 0.1) is 17.9 Å². The minimum absolute atomic E-state index is 0.610. The van der Waals surface area contributed by atoms with E-state index >= 15 is 0 Å². The molecule has 1 heterocycles. The van der Waals surface area contributed by atoms with E-state index in [1.54, 1.807) is 0 Å². The number of hydrogen-bond donors (Lipinski definition) is 0. The monoisotopic (exact) mass is 348 g/mol. The Labute approximate surface area is 157 Å². The van der Waals surface area contributed by atoms with E-state index in [1.165, 1.54) is 16.7 Å². The van der Waals surface area contributed by atoms with Crippen molar-refractivity contribution < 1.29 is 4.74 Å². The highest BCUT2D eigenvalue weighted by Gasteiger charge is 2.23. The predicted octanol–water partition coefficient (Wildman–Crippen LogP) is 4.73. The van der Waals surface area contributed by atoms with Gasteiger partial charge in [-0.05, 0) is 47.9 Å². The minimum Gasteiger partial charge on any atom is -0.377 e. The lowest BCUT2D eigenvalue weighted by atomic mass is 9.97. The number of benzene rings is 2. The lowest BCUT2D eigenvalue weighted by molar-refractivity contribution is 0.119. The average Bonchev–Trinajstić information content (AvgIpc) is 3.04. The first-order valence-electron chi connectivity index (χ1n) is 9.60. The maximum absolute atomic E-state index is 9.61. The molecule has 0 spiro atoms. The number of hydrogen-bond acceptors (Lipinski definition) is 3. The average molecular weight is 348 g/mol. The lowest BCUT2D eigenvalue weighted by Crippen LogP contribution is -2.23. The zero-order valence-corrected chi connectivity index (χ0v) is 15.9. The van der Waals surface area contributed by atoms with Crippen molar-refractivity contribution >= 4 is 5.69 Å². The molecule has 0 atom stereocenters. The maximum Gasteiger partial charge on any atom is 0.101 e. The molecule has 3 rings (SSSR count). The maximum atomic E-state index is 9.61. The SMILES string of the molecule is CC(C)Cc1cc(C#N)c2c(c1)CCN2CCCOCc1ccccc1. The van der Waals surface area contributed by atoms with Gasteiger partial charge in [-0.25, -0.2) is 0 Å². The van der Waals surface area contributed by atoms with Gasteiger partial charge in [0.15, 0.2) is 0 Å². The van der Waals surface area contributed by atoms with Crippen molar-refractivity contribution in [1.29, 1.82) is 5.26 Å². The Kier molecular flexibility index (Phi) is 6.30. The fourth-order valence-corrected chi connectivity index (χ4v) is 3.71. The minimum atomic E-state index is 0.610. The van der Waals surface area contributed by atoms with E-state index in [2.05, 4.69) is 49.1 Å². The summed E-state index contributed by atoms with van der Waals surface area (Å²) in [4.78, 5) is 2.36. The molecule has 0 aliphatic carbocycles. The molecule has 0 saturated heterocycles. The molecule has 0 aromatic heterocycles. The highest BCUT2D eigenvalue weighted by atomic mass is 16.5. The van der Waals surface area contributed by atoms with Gasteiger partial charge in [0, 0.05) is 19.7 Å². The molecule has 0 N–H and O–H groups in total. The number of nitriles is 1. The van der Waals surface area contributed by atoms with Crippen LogP contribution in [-0.4, -0.2) is 19.7 Å². The van der Waals surface area contributed by atoms with Crippen LogP contribution < -0.4 is 4.90 Å². The van der Waals surface area contributed by atoms with Crippen molar-refractivity contribution in [3.8, 4) is 6.07 Å². The lowest BCUT2D eigenvalue weighted by Gasteiger charge is -2.21. The Bertz CT molecular complexity index is 762. The molecule has 26 heavy (non-hydrogen) atoms. The van der Waals surface area contributed by atoms with Crippen LogP contribution in [0.3, 0.4) is 0 Å². The second-order valence-electron chi connectivity index (χ2n) is 7.49. The third-order valence-electron chi connectivity index (χ3n) is 4.81. The van der Waals surface area contributed by atoms with Crippen molar-refractivity contribution in [2.24, 2.45) is 5.92 Å². The summed E-state index contributed by atoms with van der Waals surface area (Å²) in [5.41, 5.74) is 5.83. The van der Waals surface area contributed by atoms with Crippen molar-refractivity contribution in [2.75, 3.05) is 24.6 Å². The summed E-state index contributed by atoms with van der Waals surface area (Å²) in [7, 11) is 0. The van der Waals surface area contributed by atoms with E-state index in [4.69, 9.17) is 4.74 Å². The van der Waals surface area contributed by atoms with Gasteiger partial charge in [-0.2, -0.15) is 5.26 Å². The Morgan fingerprint density at radius 3 is 2.69 bits per heavy atom. The second-order valence-corrected chi connectivity index (χ2v) is 7.49. The molecule has 3 nitrogen and oxygen atoms in total. The Balaban J connectivity index is 1.55. The highest BCUT2D eigenvalue weighted by molar-refractivity contribution is 5.68. The molecular weight excluding hydrogens is 320 g/mol. The summed E-state index contributed by atoms with van der Waals surface area (Å²) in [6, 6.07) is 17.1. The van der Waals surface area contributed by atoms with E-state index < -0.39 is 0 Å². The quantitative estimate of drug-likeness (QED) is 0.647. The topological polar surface area (TPSA) is 36.3 Å². The Morgan fingerprint density at radius 2 is 1.96 bits per heavy atom. The van der Waals surface area contributed by atoms with E-state index in [0.29, 0.717) is 12.5 Å². The molecule has 0 fully saturated rings. The zero-order valence-electron chi connectivity index (χ0n) is 15.9. The van der Waals surface area contributed by atoms with Crippen LogP contribution in [0.25, 0.3) is 0 Å². The molecule has 0 saturated carbocycles. The fourth-order valence-electron chi connectivity index (χ4n) is 3.71. The molecule has 0 amide bonds. The molecule has 2 aromatic carbocycles. The third kappa shape index (κ3) is 4.65. The molecule has 2 aromatic rings. The largest absolute Gasteiger partial charge is 0.377 e. The Hall–Kier alpha value is -2.31. The highest BCUT2D eigenvalue weighted by Crippen LogP contribution is 2.33. The van der Waals surface area contributed by atoms with Crippen LogP contribution in [0.2, 0.25) is 0 Å². The van der Waals surface area contributed by atoms with E-state index in [1.807, 2.05) is 18.2 Å². The van der Waals surface area contributed by atoms with Gasteiger partial charge in [-0.1, -0.05) is 50.2 Å². The summed E-state index contributed by atoms with van der Waals surface area (Å²) in [5.74, 6) is 0.610. The summed E-state index contributed by atoms with van der Waals surface area (Å²) in [5, 5.41) is 9.61. The second kappa shape index (κ2) is 8.87. The first-order chi connectivity index (χ1) is 12.7. The molecule has 136 valence electrons. The fraction of sp³-hybridized carbons (Fsp3) is 0.435. The van der Waals surface area contributed by atoms with Gasteiger partial charge in [0.1, 0.15) is 6.07 Å². The van der Waals surface area contributed by atoms with Crippen molar-refractivity contribution in [3.63, 3.8) is 0 Å². The molecular formula is C23H28N2O. The van der Waals surface area contributed by atoms with Crippen molar-refractivity contribution in [3.05, 3.63) is 64.7 Å². The number of ether oxygens (including phenoxy) is 1. The molecule has 3 heteroatoms. The normalized spacial score (nSPS) is 13.1. The first-order valence-corrected chi connectivity index (χ1v) is 9.60. The smallest absolute Gasteiger partial charge is 0.101 e. The van der Waals surface area contributed by atoms with Crippen LogP contribution in [0.4, 0.5) is 5.69 Å². The number of nitrogens with zero attached hydrogens (tertiary/aromatic N) is 2. The molecule has 0 unspecified atom stereocenters. The van der Waals surface area contributed by atoms with Crippen LogP contribution in [0.15, 0.2) is 42.5 Å². The van der Waals surface area contributed by atoms with Crippen molar-refractivity contribution in [2.45, 2.75) is 39.7 Å². The first kappa shape index (κ1) is 18.5. The summed E-state index contributed by atoms with van der Waals surface area (Å²) in [6.45, 7) is 7.81. The molecule has 0 radical (unpaired) electrons. The van der Waals surface area contributed by atoms with Crippen LogP contribution in [0.5, 0.6) is 0 Å².